The first-order valence-electron chi connectivity index (χ1n) is 3.52. The molecular formula is C9H9ClO2. The first kappa shape index (κ1) is 9.07. The molecular weight excluding hydrogens is 176 g/mol. The Hall–Kier alpha value is -1.02. The van der Waals surface area contributed by atoms with Crippen molar-refractivity contribution in [3.05, 3.63) is 35.9 Å². The molecule has 0 heterocycles. The first-order valence-corrected chi connectivity index (χ1v) is 3.96. The number of hydrogen-bond donors (Lipinski definition) is 0. The van der Waals surface area contributed by atoms with Gasteiger partial charge in [-0.1, -0.05) is 30.3 Å². The van der Waals surface area contributed by atoms with Crippen LogP contribution in [-0.4, -0.2) is 13.1 Å². The summed E-state index contributed by atoms with van der Waals surface area (Å²) in [6, 6.07) is 9.09. The molecule has 0 saturated heterocycles. The standard InChI is InChI=1S/C9H9ClO2/c1-12-9(11)8(10)7-5-3-2-4-6-7/h2-6,8H,1H3/t8-/m0/s1. The zero-order chi connectivity index (χ0) is 8.97. The predicted molar refractivity (Wildman–Crippen MR) is 47.1 cm³/mol. The van der Waals surface area contributed by atoms with Crippen LogP contribution in [0.5, 0.6) is 0 Å². The van der Waals surface area contributed by atoms with Crippen LogP contribution in [0.1, 0.15) is 10.9 Å². The van der Waals surface area contributed by atoms with Crippen molar-refractivity contribution in [2.45, 2.75) is 5.38 Å². The summed E-state index contributed by atoms with van der Waals surface area (Å²) in [5, 5.41) is -0.698. The smallest absolute Gasteiger partial charge is 0.328 e. The van der Waals surface area contributed by atoms with Crippen molar-refractivity contribution in [1.29, 1.82) is 0 Å². The van der Waals surface area contributed by atoms with E-state index in [1.54, 1.807) is 12.1 Å². The lowest BCUT2D eigenvalue weighted by Crippen LogP contribution is -2.08. The van der Waals surface area contributed by atoms with Gasteiger partial charge in [0.1, 0.15) is 0 Å². The van der Waals surface area contributed by atoms with Crippen LogP contribution >= 0.6 is 11.6 Å². The second-order valence-electron chi connectivity index (χ2n) is 2.30. The molecule has 1 aromatic carbocycles. The van der Waals surface area contributed by atoms with Crippen molar-refractivity contribution in [3.63, 3.8) is 0 Å². The molecule has 0 bridgehead atoms. The maximum atomic E-state index is 11.0. The van der Waals surface area contributed by atoms with Crippen LogP contribution in [0.2, 0.25) is 0 Å². The van der Waals surface area contributed by atoms with Gasteiger partial charge in [-0.05, 0) is 5.56 Å². The maximum Gasteiger partial charge on any atom is 0.328 e. The van der Waals surface area contributed by atoms with Crippen molar-refractivity contribution >= 4 is 17.6 Å². The molecule has 0 radical (unpaired) electrons. The minimum atomic E-state index is -0.698. The van der Waals surface area contributed by atoms with Crippen molar-refractivity contribution in [3.8, 4) is 0 Å². The summed E-state index contributed by atoms with van der Waals surface area (Å²) in [5.41, 5.74) is 0.756. The van der Waals surface area contributed by atoms with E-state index in [9.17, 15) is 4.79 Å². The fourth-order valence-corrected chi connectivity index (χ4v) is 1.10. The van der Waals surface area contributed by atoms with E-state index < -0.39 is 11.3 Å². The third kappa shape index (κ3) is 1.98. The zero-order valence-corrected chi connectivity index (χ0v) is 7.41. The van der Waals surface area contributed by atoms with E-state index in [4.69, 9.17) is 11.6 Å². The molecule has 0 saturated carbocycles. The van der Waals surface area contributed by atoms with Gasteiger partial charge in [0, 0.05) is 0 Å². The van der Waals surface area contributed by atoms with Crippen LogP contribution in [0.15, 0.2) is 30.3 Å². The number of methoxy groups -OCH3 is 1. The molecule has 1 rings (SSSR count). The van der Waals surface area contributed by atoms with Crippen molar-refractivity contribution in [1.82, 2.24) is 0 Å². The number of carbonyl (C=O) groups excluding carboxylic acids is 1. The van der Waals surface area contributed by atoms with Crippen LogP contribution in [0.3, 0.4) is 0 Å². The number of hydrogen-bond acceptors (Lipinski definition) is 2. The van der Waals surface area contributed by atoms with E-state index in [2.05, 4.69) is 4.74 Å². The summed E-state index contributed by atoms with van der Waals surface area (Å²) < 4.78 is 4.50. The van der Waals surface area contributed by atoms with E-state index in [0.29, 0.717) is 0 Å². The van der Waals surface area contributed by atoms with Gasteiger partial charge in [-0.15, -0.1) is 11.6 Å². The van der Waals surface area contributed by atoms with Gasteiger partial charge < -0.3 is 4.74 Å². The molecule has 0 aliphatic carbocycles. The molecule has 0 aromatic heterocycles. The van der Waals surface area contributed by atoms with Crippen LogP contribution in [0.4, 0.5) is 0 Å². The Kier molecular flexibility index (Phi) is 3.11. The van der Waals surface area contributed by atoms with Gasteiger partial charge in [-0.2, -0.15) is 0 Å². The first-order chi connectivity index (χ1) is 5.75. The number of rotatable bonds is 2. The Labute approximate surface area is 76.1 Å². The summed E-state index contributed by atoms with van der Waals surface area (Å²) >= 11 is 5.78. The molecule has 1 atom stereocenters. The molecule has 3 heteroatoms. The number of benzene rings is 1. The van der Waals surface area contributed by atoms with Crippen LogP contribution in [0.25, 0.3) is 0 Å². The highest BCUT2D eigenvalue weighted by Crippen LogP contribution is 2.20. The van der Waals surface area contributed by atoms with Crippen LogP contribution in [0, 0.1) is 0 Å². The summed E-state index contributed by atoms with van der Waals surface area (Å²) in [4.78, 5) is 11.0. The number of ether oxygens (including phenoxy) is 1. The number of halogens is 1. The average Bonchev–Trinajstić information content (AvgIpc) is 2.17. The lowest BCUT2D eigenvalue weighted by Gasteiger charge is -2.05. The number of esters is 1. The van der Waals surface area contributed by atoms with E-state index in [1.807, 2.05) is 18.2 Å². The largest absolute Gasteiger partial charge is 0.468 e. The fourth-order valence-electron chi connectivity index (χ4n) is 0.862. The third-order valence-corrected chi connectivity index (χ3v) is 1.93. The van der Waals surface area contributed by atoms with E-state index in [0.717, 1.165) is 5.56 Å². The molecule has 0 fully saturated rings. The van der Waals surface area contributed by atoms with Gasteiger partial charge in [-0.3, -0.25) is 4.79 Å². The highest BCUT2D eigenvalue weighted by molar-refractivity contribution is 6.29. The average molecular weight is 185 g/mol. The summed E-state index contributed by atoms with van der Waals surface area (Å²) in [5.74, 6) is -0.428. The summed E-state index contributed by atoms with van der Waals surface area (Å²) in [6.45, 7) is 0. The molecule has 2 nitrogen and oxygen atoms in total. The van der Waals surface area contributed by atoms with Gasteiger partial charge >= 0.3 is 5.97 Å². The predicted octanol–water partition coefficient (Wildman–Crippen LogP) is 2.14. The molecule has 0 aliphatic rings. The normalized spacial score (nSPS) is 12.2. The van der Waals surface area contributed by atoms with E-state index >= 15 is 0 Å². The lowest BCUT2D eigenvalue weighted by molar-refractivity contribution is -0.140. The van der Waals surface area contributed by atoms with Gasteiger partial charge in [-0.25, -0.2) is 0 Å². The summed E-state index contributed by atoms with van der Waals surface area (Å²) in [7, 11) is 1.32. The van der Waals surface area contributed by atoms with Crippen molar-refractivity contribution in [2.24, 2.45) is 0 Å². The SMILES string of the molecule is COC(=O)[C@@H](Cl)c1ccccc1. The van der Waals surface area contributed by atoms with Gasteiger partial charge in [0.05, 0.1) is 7.11 Å². The molecule has 0 N–H and O–H groups in total. The topological polar surface area (TPSA) is 26.3 Å². The second kappa shape index (κ2) is 4.12. The molecule has 0 spiro atoms. The molecule has 12 heavy (non-hydrogen) atoms. The third-order valence-electron chi connectivity index (χ3n) is 1.50. The van der Waals surface area contributed by atoms with E-state index in [1.165, 1.54) is 7.11 Å². The fraction of sp³-hybridized carbons (Fsp3) is 0.222. The monoisotopic (exact) mass is 184 g/mol. The molecule has 1 aromatic rings. The molecule has 0 amide bonds. The van der Waals surface area contributed by atoms with Crippen LogP contribution < -0.4 is 0 Å². The summed E-state index contributed by atoms with van der Waals surface area (Å²) in [6.07, 6.45) is 0. The zero-order valence-electron chi connectivity index (χ0n) is 6.66. The molecule has 0 aliphatic heterocycles. The van der Waals surface area contributed by atoms with Gasteiger partial charge in [0.2, 0.25) is 0 Å². The quantitative estimate of drug-likeness (QED) is 0.520. The number of carbonyl (C=O) groups is 1. The second-order valence-corrected chi connectivity index (χ2v) is 2.73. The van der Waals surface area contributed by atoms with Gasteiger partial charge in [0.15, 0.2) is 5.38 Å². The van der Waals surface area contributed by atoms with E-state index in [-0.39, 0.29) is 0 Å². The molecule has 0 unspecified atom stereocenters. The lowest BCUT2D eigenvalue weighted by atomic mass is 10.1. The highest BCUT2D eigenvalue weighted by Gasteiger charge is 2.16. The Bertz CT molecular complexity index is 258. The van der Waals surface area contributed by atoms with Crippen LogP contribution in [-0.2, 0) is 9.53 Å². The van der Waals surface area contributed by atoms with Crippen molar-refractivity contribution < 1.29 is 9.53 Å². The highest BCUT2D eigenvalue weighted by atomic mass is 35.5. The maximum absolute atomic E-state index is 11.0. The Morgan fingerprint density at radius 3 is 2.50 bits per heavy atom. The number of alkyl halides is 1. The minimum absolute atomic E-state index is 0.428. The van der Waals surface area contributed by atoms with Gasteiger partial charge in [0.25, 0.3) is 0 Å². The van der Waals surface area contributed by atoms with Crippen molar-refractivity contribution in [2.75, 3.05) is 7.11 Å². The Balaban J connectivity index is 2.78. The Morgan fingerprint density at radius 2 is 2.00 bits per heavy atom. The molecule has 64 valence electrons. The minimum Gasteiger partial charge on any atom is -0.468 e. The Morgan fingerprint density at radius 1 is 1.42 bits per heavy atom.